The van der Waals surface area contributed by atoms with Gasteiger partial charge in [0.05, 0.1) is 11.3 Å². The molecule has 7 heteroatoms. The number of benzene rings is 2. The molecule has 4 aromatic rings. The Morgan fingerprint density at radius 1 is 0.963 bits per heavy atom. The Morgan fingerprint density at radius 2 is 1.67 bits per heavy atom. The number of hydrogen-bond acceptors (Lipinski definition) is 5. The number of amides is 1. The maximum atomic E-state index is 13.0. The van der Waals surface area contributed by atoms with Crippen LogP contribution in [-0.4, -0.2) is 27.6 Å². The molecular weight excluding hydrogens is 360 g/mol. The molecule has 0 atom stereocenters. The molecule has 6 nitrogen and oxygen atoms in total. The van der Waals surface area contributed by atoms with Crippen LogP contribution in [0.15, 0.2) is 53.3 Å². The second-order valence-corrected chi connectivity index (χ2v) is 7.41. The molecule has 5 rings (SSSR count). The average Bonchev–Trinajstić information content (AvgIpc) is 3.29. The lowest BCUT2D eigenvalue weighted by atomic mass is 10.1. The van der Waals surface area contributed by atoms with Gasteiger partial charge in [0.25, 0.3) is 11.5 Å². The molecule has 0 spiro atoms. The number of likely N-dealkylation sites (N-methyl/N-ethyl adjacent to an activating group) is 1. The summed E-state index contributed by atoms with van der Waals surface area (Å²) in [7, 11) is 1.71. The van der Waals surface area contributed by atoms with Gasteiger partial charge in [0.1, 0.15) is 4.53 Å². The van der Waals surface area contributed by atoms with Gasteiger partial charge < -0.3 is 4.90 Å². The highest BCUT2D eigenvalue weighted by molar-refractivity contribution is 7.15. The van der Waals surface area contributed by atoms with Crippen LogP contribution < -0.4 is 15.0 Å². The number of hydrogen-bond donors (Lipinski definition) is 0. The van der Waals surface area contributed by atoms with Crippen molar-refractivity contribution in [2.75, 3.05) is 11.9 Å². The zero-order valence-corrected chi connectivity index (χ0v) is 15.4. The molecule has 0 saturated carbocycles. The summed E-state index contributed by atoms with van der Waals surface area (Å²) in [6.07, 6.45) is 0. The Kier molecular flexibility index (Phi) is 3.29. The van der Waals surface area contributed by atoms with Gasteiger partial charge in [-0.2, -0.15) is 9.50 Å². The lowest BCUT2D eigenvalue weighted by Crippen LogP contribution is -2.30. The number of nitrogens with zero attached hydrogens (tertiary/aromatic N) is 4. The van der Waals surface area contributed by atoms with E-state index in [4.69, 9.17) is 0 Å². The molecule has 1 aliphatic heterocycles. The first-order valence-electron chi connectivity index (χ1n) is 8.43. The minimum absolute atomic E-state index is 0.183. The van der Waals surface area contributed by atoms with Gasteiger partial charge in [0.15, 0.2) is 5.82 Å². The molecule has 0 aliphatic carbocycles. The first kappa shape index (κ1) is 15.9. The van der Waals surface area contributed by atoms with Gasteiger partial charge in [0, 0.05) is 18.2 Å². The number of carbonyl (C=O) groups is 1. The van der Waals surface area contributed by atoms with Crippen LogP contribution in [-0.2, 0) is 4.79 Å². The van der Waals surface area contributed by atoms with Gasteiger partial charge in [0.2, 0.25) is 4.96 Å². The number of aryl methyl sites for hydroxylation is 1. The monoisotopic (exact) mass is 374 g/mol. The van der Waals surface area contributed by atoms with Crippen LogP contribution in [0.25, 0.3) is 21.9 Å². The van der Waals surface area contributed by atoms with E-state index >= 15 is 0 Å². The molecule has 0 bridgehead atoms. The van der Waals surface area contributed by atoms with Crippen molar-refractivity contribution in [3.63, 3.8) is 0 Å². The minimum atomic E-state index is -0.309. The number of rotatable bonds is 1. The molecule has 27 heavy (non-hydrogen) atoms. The molecule has 0 fully saturated rings. The molecule has 0 saturated heterocycles. The molecule has 0 radical (unpaired) electrons. The predicted molar refractivity (Wildman–Crippen MR) is 105 cm³/mol. The van der Waals surface area contributed by atoms with Gasteiger partial charge in [-0.3, -0.25) is 9.59 Å². The second kappa shape index (κ2) is 5.59. The first-order chi connectivity index (χ1) is 13.1. The second-order valence-electron chi connectivity index (χ2n) is 6.44. The fraction of sp³-hybridized carbons (Fsp3) is 0.100. The van der Waals surface area contributed by atoms with Crippen molar-refractivity contribution < 1.29 is 4.79 Å². The Morgan fingerprint density at radius 3 is 2.41 bits per heavy atom. The number of para-hydroxylation sites is 1. The molecule has 1 aliphatic rings. The van der Waals surface area contributed by atoms with Crippen molar-refractivity contribution in [2.45, 2.75) is 6.92 Å². The van der Waals surface area contributed by atoms with Crippen molar-refractivity contribution >= 4 is 33.5 Å². The van der Waals surface area contributed by atoms with Gasteiger partial charge in [-0.1, -0.05) is 53.8 Å². The topological polar surface area (TPSA) is 67.6 Å². The third kappa shape index (κ3) is 2.18. The SMILES string of the molecule is Cc1ccccc1-c1nc2s/c(=C3/C(=O)N(C)c4ccccc43)c(=O)n2n1. The molecule has 0 N–H and O–H groups in total. The maximum Gasteiger partial charge on any atom is 0.291 e. The average molecular weight is 374 g/mol. The molecule has 132 valence electrons. The third-order valence-corrected chi connectivity index (χ3v) is 5.85. The molecule has 3 heterocycles. The summed E-state index contributed by atoms with van der Waals surface area (Å²) >= 11 is 1.20. The largest absolute Gasteiger partial charge is 0.311 e. The molecule has 0 unspecified atom stereocenters. The van der Waals surface area contributed by atoms with E-state index < -0.39 is 0 Å². The van der Waals surface area contributed by atoms with E-state index in [1.807, 2.05) is 55.5 Å². The Bertz CT molecular complexity index is 1350. The van der Waals surface area contributed by atoms with E-state index in [0.717, 1.165) is 22.4 Å². The van der Waals surface area contributed by atoms with Gasteiger partial charge in [-0.15, -0.1) is 5.10 Å². The first-order valence-corrected chi connectivity index (χ1v) is 9.25. The molecule has 2 aromatic carbocycles. The maximum absolute atomic E-state index is 13.0. The Hall–Kier alpha value is -3.32. The normalized spacial score (nSPS) is 15.6. The summed E-state index contributed by atoms with van der Waals surface area (Å²) in [5.41, 5.74) is 3.62. The number of fused-ring (bicyclic) bond motifs is 2. The summed E-state index contributed by atoms with van der Waals surface area (Å²) in [6.45, 7) is 1.98. The van der Waals surface area contributed by atoms with Gasteiger partial charge in [-0.05, 0) is 18.6 Å². The van der Waals surface area contributed by atoms with Crippen LogP contribution in [0.4, 0.5) is 5.69 Å². The van der Waals surface area contributed by atoms with E-state index in [9.17, 15) is 9.59 Å². The molecule has 1 amide bonds. The van der Waals surface area contributed by atoms with Crippen molar-refractivity contribution in [3.05, 3.63) is 74.5 Å². The van der Waals surface area contributed by atoms with Crippen LogP contribution in [0.1, 0.15) is 11.1 Å². The summed E-state index contributed by atoms with van der Waals surface area (Å²) in [6, 6.07) is 15.3. The highest BCUT2D eigenvalue weighted by Crippen LogP contribution is 2.33. The van der Waals surface area contributed by atoms with Gasteiger partial charge in [-0.25, -0.2) is 0 Å². The minimum Gasteiger partial charge on any atom is -0.311 e. The van der Waals surface area contributed by atoms with Crippen LogP contribution in [0.3, 0.4) is 0 Å². The van der Waals surface area contributed by atoms with Crippen molar-refractivity contribution in [3.8, 4) is 11.4 Å². The van der Waals surface area contributed by atoms with Crippen LogP contribution in [0, 0.1) is 6.92 Å². The molecular formula is C20H14N4O2S. The number of thiazole rings is 1. The van der Waals surface area contributed by atoms with E-state index in [1.54, 1.807) is 11.9 Å². The lowest BCUT2D eigenvalue weighted by molar-refractivity contribution is -0.112. The predicted octanol–water partition coefficient (Wildman–Crippen LogP) is 2.02. The zero-order valence-electron chi connectivity index (χ0n) is 14.6. The Balaban J connectivity index is 1.78. The van der Waals surface area contributed by atoms with Crippen LogP contribution in [0.5, 0.6) is 0 Å². The van der Waals surface area contributed by atoms with E-state index in [0.29, 0.717) is 20.9 Å². The van der Waals surface area contributed by atoms with Crippen LogP contribution >= 0.6 is 11.3 Å². The smallest absolute Gasteiger partial charge is 0.291 e. The number of aromatic nitrogens is 3. The Labute approximate surface area is 158 Å². The number of carbonyl (C=O) groups excluding carboxylic acids is 1. The summed E-state index contributed by atoms with van der Waals surface area (Å²) in [5.74, 6) is 0.334. The fourth-order valence-electron chi connectivity index (χ4n) is 3.41. The summed E-state index contributed by atoms with van der Waals surface area (Å²) < 4.78 is 1.67. The van der Waals surface area contributed by atoms with Gasteiger partial charge >= 0.3 is 0 Å². The van der Waals surface area contributed by atoms with Crippen molar-refractivity contribution in [2.24, 2.45) is 0 Å². The number of anilines is 1. The quantitative estimate of drug-likeness (QED) is 0.511. The van der Waals surface area contributed by atoms with Crippen molar-refractivity contribution in [1.82, 2.24) is 14.6 Å². The van der Waals surface area contributed by atoms with Crippen LogP contribution in [0.2, 0.25) is 0 Å². The highest BCUT2D eigenvalue weighted by atomic mass is 32.1. The van der Waals surface area contributed by atoms with E-state index in [-0.39, 0.29) is 11.5 Å². The van der Waals surface area contributed by atoms with Crippen molar-refractivity contribution in [1.29, 1.82) is 0 Å². The zero-order chi connectivity index (χ0) is 18.7. The lowest BCUT2D eigenvalue weighted by Gasteiger charge is -2.07. The fourth-order valence-corrected chi connectivity index (χ4v) is 4.41. The highest BCUT2D eigenvalue weighted by Gasteiger charge is 2.31. The van der Waals surface area contributed by atoms with E-state index in [1.165, 1.54) is 15.9 Å². The third-order valence-electron chi connectivity index (χ3n) is 4.82. The molecule has 2 aromatic heterocycles. The standard InChI is InChI=1S/C20H14N4O2S/c1-11-7-3-4-8-12(11)17-21-20-24(22-17)19(26)16(27-20)15-13-9-5-6-10-14(13)23(2)18(15)25/h3-10H,1-2H3/b16-15+. The van der Waals surface area contributed by atoms with E-state index in [2.05, 4.69) is 10.1 Å². The summed E-state index contributed by atoms with van der Waals surface area (Å²) in [5, 5.41) is 4.40. The summed E-state index contributed by atoms with van der Waals surface area (Å²) in [4.78, 5) is 32.3.